The SMILES string of the molecule is CC1SCCN(C(=O)C(C)(C)C(C)(C)N)C1C. The fourth-order valence-corrected chi connectivity index (χ4v) is 2.95. The molecule has 1 heterocycles. The molecule has 0 saturated carbocycles. The third kappa shape index (κ3) is 2.79. The maximum atomic E-state index is 12.7. The molecule has 1 aliphatic rings. The van der Waals surface area contributed by atoms with Crippen molar-refractivity contribution < 1.29 is 4.79 Å². The summed E-state index contributed by atoms with van der Waals surface area (Å²) in [4.78, 5) is 14.7. The molecule has 2 N–H and O–H groups in total. The molecule has 0 aromatic carbocycles. The van der Waals surface area contributed by atoms with Crippen LogP contribution < -0.4 is 5.73 Å². The second kappa shape index (κ2) is 4.81. The first kappa shape index (κ1) is 14.8. The Balaban J connectivity index is 2.89. The van der Waals surface area contributed by atoms with Crippen molar-refractivity contribution in [1.29, 1.82) is 0 Å². The van der Waals surface area contributed by atoms with Gasteiger partial charge in [0, 0.05) is 29.1 Å². The van der Waals surface area contributed by atoms with Gasteiger partial charge in [-0.25, -0.2) is 0 Å². The molecule has 100 valence electrons. The largest absolute Gasteiger partial charge is 0.338 e. The lowest BCUT2D eigenvalue weighted by Crippen LogP contribution is -2.60. The minimum Gasteiger partial charge on any atom is -0.338 e. The van der Waals surface area contributed by atoms with E-state index in [-0.39, 0.29) is 5.91 Å². The Morgan fingerprint density at radius 3 is 2.29 bits per heavy atom. The van der Waals surface area contributed by atoms with E-state index in [2.05, 4.69) is 13.8 Å². The second-order valence-corrected chi connectivity index (χ2v) is 7.65. The van der Waals surface area contributed by atoms with Crippen molar-refractivity contribution in [2.75, 3.05) is 12.3 Å². The van der Waals surface area contributed by atoms with E-state index >= 15 is 0 Å². The van der Waals surface area contributed by atoms with Crippen molar-refractivity contribution in [3.63, 3.8) is 0 Å². The molecule has 3 nitrogen and oxygen atoms in total. The fraction of sp³-hybridized carbons (Fsp3) is 0.923. The number of rotatable bonds is 2. The Morgan fingerprint density at radius 1 is 1.29 bits per heavy atom. The lowest BCUT2D eigenvalue weighted by molar-refractivity contribution is -0.145. The van der Waals surface area contributed by atoms with Crippen LogP contribution in [0.3, 0.4) is 0 Å². The van der Waals surface area contributed by atoms with E-state index in [9.17, 15) is 4.79 Å². The minimum atomic E-state index is -0.525. The number of nitrogens with two attached hydrogens (primary N) is 1. The van der Waals surface area contributed by atoms with E-state index in [0.29, 0.717) is 11.3 Å². The molecule has 0 spiro atoms. The van der Waals surface area contributed by atoms with Crippen LogP contribution in [0.25, 0.3) is 0 Å². The van der Waals surface area contributed by atoms with Crippen LogP contribution in [0.4, 0.5) is 0 Å². The van der Waals surface area contributed by atoms with Gasteiger partial charge in [-0.2, -0.15) is 11.8 Å². The summed E-state index contributed by atoms with van der Waals surface area (Å²) in [5, 5.41) is 0.504. The third-order valence-corrected chi connectivity index (χ3v) is 5.63. The Kier molecular flexibility index (Phi) is 4.20. The van der Waals surface area contributed by atoms with Gasteiger partial charge >= 0.3 is 0 Å². The van der Waals surface area contributed by atoms with Crippen LogP contribution in [0.15, 0.2) is 0 Å². The van der Waals surface area contributed by atoms with Crippen LogP contribution in [0.5, 0.6) is 0 Å². The molecule has 0 bridgehead atoms. The van der Waals surface area contributed by atoms with E-state index in [1.54, 1.807) is 0 Å². The number of carbonyl (C=O) groups is 1. The van der Waals surface area contributed by atoms with Gasteiger partial charge in [-0.1, -0.05) is 6.92 Å². The molecule has 0 aliphatic carbocycles. The molecule has 2 atom stereocenters. The third-order valence-electron chi connectivity index (χ3n) is 4.29. The molecule has 2 unspecified atom stereocenters. The summed E-state index contributed by atoms with van der Waals surface area (Å²) in [5.74, 6) is 1.21. The maximum Gasteiger partial charge on any atom is 0.230 e. The molecule has 1 saturated heterocycles. The predicted molar refractivity (Wildman–Crippen MR) is 75.1 cm³/mol. The Morgan fingerprint density at radius 2 is 1.82 bits per heavy atom. The van der Waals surface area contributed by atoms with Crippen molar-refractivity contribution in [2.24, 2.45) is 11.1 Å². The van der Waals surface area contributed by atoms with Crippen molar-refractivity contribution >= 4 is 17.7 Å². The van der Waals surface area contributed by atoms with Crippen LogP contribution in [-0.2, 0) is 4.79 Å². The topological polar surface area (TPSA) is 46.3 Å². The summed E-state index contributed by atoms with van der Waals surface area (Å²) >= 11 is 1.94. The standard InChI is InChI=1S/C13H26N2OS/c1-9-10(2)17-8-7-15(9)11(16)12(3,4)13(5,6)14/h9-10H,7-8,14H2,1-6H3. The highest BCUT2D eigenvalue weighted by atomic mass is 32.2. The van der Waals surface area contributed by atoms with Gasteiger partial charge in [0.2, 0.25) is 5.91 Å². The second-order valence-electron chi connectivity index (χ2n) is 6.16. The first-order chi connectivity index (χ1) is 7.59. The summed E-state index contributed by atoms with van der Waals surface area (Å²) in [6.07, 6.45) is 0. The normalized spacial score (nSPS) is 27.1. The highest BCUT2D eigenvalue weighted by Gasteiger charge is 2.44. The summed E-state index contributed by atoms with van der Waals surface area (Å²) in [6.45, 7) is 12.9. The van der Waals surface area contributed by atoms with Gasteiger partial charge in [0.1, 0.15) is 0 Å². The zero-order chi connectivity index (χ0) is 13.4. The number of hydrogen-bond donors (Lipinski definition) is 1. The van der Waals surface area contributed by atoms with Gasteiger partial charge in [0.15, 0.2) is 0 Å². The Bertz CT molecular complexity index is 296. The van der Waals surface area contributed by atoms with E-state index in [0.717, 1.165) is 12.3 Å². The van der Waals surface area contributed by atoms with E-state index in [1.807, 2.05) is 44.4 Å². The number of nitrogens with zero attached hydrogens (tertiary/aromatic N) is 1. The van der Waals surface area contributed by atoms with Gasteiger partial charge < -0.3 is 10.6 Å². The molecular formula is C13H26N2OS. The summed E-state index contributed by atoms with van der Waals surface area (Å²) in [6, 6.07) is 0.294. The van der Waals surface area contributed by atoms with Gasteiger partial charge in [-0.15, -0.1) is 0 Å². The molecular weight excluding hydrogens is 232 g/mol. The average molecular weight is 258 g/mol. The number of carbonyl (C=O) groups excluding carboxylic acids is 1. The van der Waals surface area contributed by atoms with Crippen LogP contribution in [0.1, 0.15) is 41.5 Å². The van der Waals surface area contributed by atoms with E-state index in [4.69, 9.17) is 5.73 Å². The van der Waals surface area contributed by atoms with Crippen molar-refractivity contribution in [1.82, 2.24) is 4.90 Å². The van der Waals surface area contributed by atoms with Gasteiger partial charge in [0.05, 0.1) is 5.41 Å². The fourth-order valence-electron chi connectivity index (χ4n) is 1.85. The lowest BCUT2D eigenvalue weighted by Gasteiger charge is -2.45. The summed E-state index contributed by atoms with van der Waals surface area (Å²) in [5.41, 5.74) is 5.12. The molecule has 0 aromatic rings. The maximum absolute atomic E-state index is 12.7. The van der Waals surface area contributed by atoms with Crippen molar-refractivity contribution in [2.45, 2.75) is 58.4 Å². The quantitative estimate of drug-likeness (QED) is 0.825. The lowest BCUT2D eigenvalue weighted by atomic mass is 9.74. The number of amides is 1. The molecule has 0 radical (unpaired) electrons. The smallest absolute Gasteiger partial charge is 0.230 e. The Hall–Kier alpha value is -0.220. The van der Waals surface area contributed by atoms with Crippen molar-refractivity contribution in [3.05, 3.63) is 0 Å². The number of hydrogen-bond acceptors (Lipinski definition) is 3. The van der Waals surface area contributed by atoms with E-state index < -0.39 is 11.0 Å². The van der Waals surface area contributed by atoms with Crippen LogP contribution in [0.2, 0.25) is 0 Å². The highest BCUT2D eigenvalue weighted by Crippen LogP contribution is 2.34. The molecule has 1 fully saturated rings. The van der Waals surface area contributed by atoms with Crippen LogP contribution in [-0.4, -0.2) is 39.9 Å². The molecule has 1 amide bonds. The van der Waals surface area contributed by atoms with Gasteiger partial charge in [-0.05, 0) is 34.6 Å². The molecule has 17 heavy (non-hydrogen) atoms. The summed E-state index contributed by atoms with van der Waals surface area (Å²) < 4.78 is 0. The monoisotopic (exact) mass is 258 g/mol. The van der Waals surface area contributed by atoms with Crippen molar-refractivity contribution in [3.8, 4) is 0 Å². The summed E-state index contributed by atoms with van der Waals surface area (Å²) in [7, 11) is 0. The van der Waals surface area contributed by atoms with E-state index in [1.165, 1.54) is 0 Å². The number of thioether (sulfide) groups is 1. The molecule has 1 rings (SSSR count). The molecule has 1 aliphatic heterocycles. The van der Waals surface area contributed by atoms with Crippen LogP contribution >= 0.6 is 11.8 Å². The zero-order valence-electron chi connectivity index (χ0n) is 11.9. The highest BCUT2D eigenvalue weighted by molar-refractivity contribution is 8.00. The Labute approximate surface area is 109 Å². The minimum absolute atomic E-state index is 0.185. The van der Waals surface area contributed by atoms with Gasteiger partial charge in [-0.3, -0.25) is 4.79 Å². The zero-order valence-corrected chi connectivity index (χ0v) is 12.7. The van der Waals surface area contributed by atoms with Gasteiger partial charge in [0.25, 0.3) is 0 Å². The predicted octanol–water partition coefficient (Wildman–Crippen LogP) is 2.10. The molecule has 4 heteroatoms. The average Bonchev–Trinajstić information content (AvgIpc) is 2.19. The first-order valence-electron chi connectivity index (χ1n) is 6.30. The first-order valence-corrected chi connectivity index (χ1v) is 7.35. The van der Waals surface area contributed by atoms with Crippen LogP contribution in [0, 0.1) is 5.41 Å². The molecule has 0 aromatic heterocycles.